The molecule has 0 fully saturated rings. The summed E-state index contributed by atoms with van der Waals surface area (Å²) in [6.07, 6.45) is 38.5. The molecule has 0 saturated heterocycles. The number of ether oxygens (including phenoxy) is 3. The van der Waals surface area contributed by atoms with Gasteiger partial charge in [-0.25, -0.2) is 4.79 Å². The molecule has 0 aliphatic rings. The van der Waals surface area contributed by atoms with Crippen LogP contribution in [0, 0.1) is 0 Å². The summed E-state index contributed by atoms with van der Waals surface area (Å²) in [5.74, 6) is -1.47. The summed E-state index contributed by atoms with van der Waals surface area (Å²) in [6, 6.07) is -0.609. The highest BCUT2D eigenvalue weighted by molar-refractivity contribution is 5.72. The fourth-order valence-electron chi connectivity index (χ4n) is 6.67. The average Bonchev–Trinajstić information content (AvgIpc) is 3.11. The van der Waals surface area contributed by atoms with E-state index in [-0.39, 0.29) is 36.2 Å². The van der Waals surface area contributed by atoms with Crippen LogP contribution in [0.5, 0.6) is 0 Å². The first-order chi connectivity index (χ1) is 25.6. The second-order valence-corrected chi connectivity index (χ2v) is 16.3. The summed E-state index contributed by atoms with van der Waals surface area (Å²) >= 11 is 0. The van der Waals surface area contributed by atoms with Crippen LogP contribution in [0.15, 0.2) is 12.2 Å². The van der Waals surface area contributed by atoms with Crippen molar-refractivity contribution in [2.75, 3.05) is 41.0 Å². The van der Waals surface area contributed by atoms with Crippen LogP contribution in [0.25, 0.3) is 0 Å². The summed E-state index contributed by atoms with van der Waals surface area (Å²) in [7, 11) is 5.52. The van der Waals surface area contributed by atoms with Crippen LogP contribution in [0.2, 0.25) is 0 Å². The van der Waals surface area contributed by atoms with Crippen LogP contribution in [-0.2, 0) is 28.6 Å². The van der Waals surface area contributed by atoms with E-state index in [0.717, 1.165) is 38.5 Å². The monoisotopic (exact) mass is 753 g/mol. The fourth-order valence-corrected chi connectivity index (χ4v) is 6.67. The molecular formula is C45H86NO7+. The largest absolute Gasteiger partial charge is 0.477 e. The van der Waals surface area contributed by atoms with E-state index in [1.807, 2.05) is 21.1 Å². The number of quaternary nitrogens is 1. The van der Waals surface area contributed by atoms with Crippen molar-refractivity contribution >= 4 is 17.9 Å². The van der Waals surface area contributed by atoms with Gasteiger partial charge in [0, 0.05) is 19.3 Å². The van der Waals surface area contributed by atoms with Crippen molar-refractivity contribution in [3.05, 3.63) is 12.2 Å². The lowest BCUT2D eigenvalue weighted by molar-refractivity contribution is -0.887. The Morgan fingerprint density at radius 2 is 0.943 bits per heavy atom. The Balaban J connectivity index is 4.10. The van der Waals surface area contributed by atoms with E-state index < -0.39 is 18.1 Å². The maximum atomic E-state index is 12.6. The minimum absolute atomic E-state index is 0.0486. The number of nitrogens with zero attached hydrogens (tertiary/aromatic N) is 1. The van der Waals surface area contributed by atoms with Crippen molar-refractivity contribution in [1.82, 2.24) is 0 Å². The van der Waals surface area contributed by atoms with Crippen molar-refractivity contribution in [3.63, 3.8) is 0 Å². The standard InChI is InChI=1S/C45H85NO7/c1-6-8-10-12-14-15-16-17-18-19-20-21-22-23-24-25-26-27-28-30-31-33-35-43(47)52-40-41(39-51-38-37-42(45(49)50)46(3,4)5)53-44(48)36-34-32-29-13-11-9-7-2/h22-23,41-42H,6-21,24-40H2,1-5H3/p+1/b23-22+. The first kappa shape index (κ1) is 51.1. The van der Waals surface area contributed by atoms with E-state index in [9.17, 15) is 19.5 Å². The van der Waals surface area contributed by atoms with E-state index >= 15 is 0 Å². The lowest BCUT2D eigenvalue weighted by Gasteiger charge is -2.31. The van der Waals surface area contributed by atoms with Crippen LogP contribution in [0.1, 0.15) is 206 Å². The summed E-state index contributed by atoms with van der Waals surface area (Å²) < 4.78 is 17.2. The Morgan fingerprint density at radius 1 is 0.547 bits per heavy atom. The third-order valence-electron chi connectivity index (χ3n) is 10.2. The van der Waals surface area contributed by atoms with Gasteiger partial charge in [-0.15, -0.1) is 0 Å². The molecule has 0 saturated carbocycles. The van der Waals surface area contributed by atoms with Crippen molar-refractivity contribution in [2.24, 2.45) is 0 Å². The number of carboxylic acids is 1. The predicted molar refractivity (Wildman–Crippen MR) is 220 cm³/mol. The molecule has 0 aliphatic carbocycles. The number of carbonyl (C=O) groups excluding carboxylic acids is 2. The molecule has 0 aromatic heterocycles. The van der Waals surface area contributed by atoms with E-state index in [1.54, 1.807) is 0 Å². The maximum Gasteiger partial charge on any atom is 0.362 e. The number of rotatable bonds is 40. The number of likely N-dealkylation sites (N-methyl/N-ethyl adjacent to an activating group) is 1. The normalized spacial score (nSPS) is 13.0. The molecule has 0 heterocycles. The quantitative estimate of drug-likeness (QED) is 0.0288. The third-order valence-corrected chi connectivity index (χ3v) is 10.2. The SMILES string of the molecule is CCCCCCCCCCCCC/C=C/CCCCCCCCCC(=O)OCC(COCCC(C(=O)O)[N+](C)(C)C)OC(=O)CCCCCCCCC. The van der Waals surface area contributed by atoms with Gasteiger partial charge < -0.3 is 23.8 Å². The molecule has 53 heavy (non-hydrogen) atoms. The zero-order valence-electron chi connectivity index (χ0n) is 35.5. The van der Waals surface area contributed by atoms with Gasteiger partial charge >= 0.3 is 17.9 Å². The molecule has 312 valence electrons. The highest BCUT2D eigenvalue weighted by Crippen LogP contribution is 2.15. The van der Waals surface area contributed by atoms with Gasteiger partial charge in [0.15, 0.2) is 12.1 Å². The van der Waals surface area contributed by atoms with Crippen molar-refractivity contribution in [1.29, 1.82) is 0 Å². The minimum atomic E-state index is -0.875. The van der Waals surface area contributed by atoms with Crippen molar-refractivity contribution < 1.29 is 38.2 Å². The number of hydrogen-bond donors (Lipinski definition) is 1. The molecule has 0 amide bonds. The van der Waals surface area contributed by atoms with Crippen LogP contribution >= 0.6 is 0 Å². The van der Waals surface area contributed by atoms with E-state index in [4.69, 9.17) is 14.2 Å². The van der Waals surface area contributed by atoms with Gasteiger partial charge in [-0.1, -0.05) is 161 Å². The number of carboxylic acid groups (broad SMARTS) is 1. The van der Waals surface area contributed by atoms with E-state index in [0.29, 0.717) is 19.3 Å². The summed E-state index contributed by atoms with van der Waals surface area (Å²) in [5, 5.41) is 9.58. The van der Waals surface area contributed by atoms with Crippen molar-refractivity contribution in [3.8, 4) is 0 Å². The molecule has 0 aromatic carbocycles. The molecule has 8 nitrogen and oxygen atoms in total. The molecule has 0 spiro atoms. The highest BCUT2D eigenvalue weighted by atomic mass is 16.6. The Morgan fingerprint density at radius 3 is 1.36 bits per heavy atom. The lowest BCUT2D eigenvalue weighted by atomic mass is 10.0. The topological polar surface area (TPSA) is 99.1 Å². The first-order valence-corrected chi connectivity index (χ1v) is 22.2. The van der Waals surface area contributed by atoms with E-state index in [2.05, 4.69) is 26.0 Å². The van der Waals surface area contributed by atoms with Gasteiger partial charge in [-0.05, 0) is 38.5 Å². The number of allylic oxidation sites excluding steroid dienone is 2. The fraction of sp³-hybridized carbons (Fsp3) is 0.889. The number of aliphatic carboxylic acids is 1. The second-order valence-electron chi connectivity index (χ2n) is 16.3. The molecule has 2 atom stereocenters. The summed E-state index contributed by atoms with van der Waals surface area (Å²) in [4.78, 5) is 36.7. The van der Waals surface area contributed by atoms with Crippen molar-refractivity contribution in [2.45, 2.75) is 219 Å². The minimum Gasteiger partial charge on any atom is -0.477 e. The van der Waals surface area contributed by atoms with Gasteiger partial charge in [0.2, 0.25) is 0 Å². The predicted octanol–water partition coefficient (Wildman–Crippen LogP) is 11.9. The Labute approximate surface area is 327 Å². The molecule has 1 N–H and O–H groups in total. The Kier molecular flexibility index (Phi) is 35.7. The van der Waals surface area contributed by atoms with Gasteiger partial charge in [0.1, 0.15) is 6.61 Å². The smallest absolute Gasteiger partial charge is 0.362 e. The number of esters is 2. The molecule has 0 bridgehead atoms. The maximum absolute atomic E-state index is 12.6. The molecular weight excluding hydrogens is 666 g/mol. The lowest BCUT2D eigenvalue weighted by Crippen LogP contribution is -2.50. The molecule has 2 unspecified atom stereocenters. The Hall–Kier alpha value is -1.93. The van der Waals surface area contributed by atoms with Crippen LogP contribution < -0.4 is 0 Å². The third kappa shape index (κ3) is 35.5. The van der Waals surface area contributed by atoms with Crippen LogP contribution in [0.3, 0.4) is 0 Å². The van der Waals surface area contributed by atoms with Gasteiger partial charge in [0.25, 0.3) is 0 Å². The van der Waals surface area contributed by atoms with Crippen LogP contribution in [0.4, 0.5) is 0 Å². The average molecular weight is 753 g/mol. The van der Waals surface area contributed by atoms with E-state index in [1.165, 1.54) is 135 Å². The zero-order valence-corrected chi connectivity index (χ0v) is 35.5. The summed E-state index contributed by atoms with van der Waals surface area (Å²) in [5.41, 5.74) is 0. The molecule has 0 radical (unpaired) electrons. The highest BCUT2D eigenvalue weighted by Gasteiger charge is 2.31. The molecule has 0 aliphatic heterocycles. The van der Waals surface area contributed by atoms with Gasteiger partial charge in [0.05, 0.1) is 34.4 Å². The van der Waals surface area contributed by atoms with Gasteiger partial charge in [-0.2, -0.15) is 0 Å². The molecule has 8 heteroatoms. The number of hydrogen-bond acceptors (Lipinski definition) is 6. The second kappa shape index (κ2) is 37.0. The summed E-state index contributed by atoms with van der Waals surface area (Å²) in [6.45, 7) is 4.71. The molecule has 0 aromatic rings. The van der Waals surface area contributed by atoms with Crippen LogP contribution in [-0.4, -0.2) is 80.6 Å². The van der Waals surface area contributed by atoms with Gasteiger partial charge in [-0.3, -0.25) is 9.59 Å². The number of unbranched alkanes of at least 4 members (excludes halogenated alkanes) is 24. The zero-order chi connectivity index (χ0) is 39.3. The first-order valence-electron chi connectivity index (χ1n) is 22.2. The molecule has 0 rings (SSSR count). The number of carbonyl (C=O) groups is 3. The Bertz CT molecular complexity index is 885.